The Labute approximate surface area is 61.7 Å². The fourth-order valence-corrected chi connectivity index (χ4v) is 1.07. The van der Waals surface area contributed by atoms with Gasteiger partial charge in [-0.1, -0.05) is 4.85 Å². The van der Waals surface area contributed by atoms with Gasteiger partial charge in [-0.05, 0) is 31.9 Å². The molecule has 8 heavy (non-hydrogen) atoms. The maximum atomic E-state index is 8.61. The fraction of sp³-hybridized carbons (Fsp3) is 0. The first-order chi connectivity index (χ1) is 3.70. The molecule has 1 aromatic rings. The van der Waals surface area contributed by atoms with Crippen molar-refractivity contribution in [1.82, 2.24) is 14.9 Å². The van der Waals surface area contributed by atoms with Crippen molar-refractivity contribution in [3.05, 3.63) is 9.47 Å². The molecule has 0 spiro atoms. The van der Waals surface area contributed by atoms with E-state index in [-0.39, 0.29) is 4.73 Å². The lowest BCUT2D eigenvalue weighted by molar-refractivity contribution is 0.140. The summed E-state index contributed by atoms with van der Waals surface area (Å²) in [5.41, 5.74) is 0. The first kappa shape index (κ1) is 6.03. The molecular weight excluding hydrogens is 242 g/mol. The molecular formula is C2HBr2N3O. The number of hydrogen-bond acceptors (Lipinski definition) is 3. The van der Waals surface area contributed by atoms with Crippen LogP contribution in [-0.2, 0) is 0 Å². The predicted molar refractivity (Wildman–Crippen MR) is 32.6 cm³/mol. The van der Waals surface area contributed by atoms with E-state index in [0.29, 0.717) is 9.58 Å². The van der Waals surface area contributed by atoms with Crippen molar-refractivity contribution in [2.24, 2.45) is 0 Å². The maximum Gasteiger partial charge on any atom is 0.235 e. The highest BCUT2D eigenvalue weighted by molar-refractivity contribution is 9.11. The molecule has 4 nitrogen and oxygen atoms in total. The van der Waals surface area contributed by atoms with Gasteiger partial charge in [-0.25, -0.2) is 0 Å². The summed E-state index contributed by atoms with van der Waals surface area (Å²) >= 11 is 5.88. The second-order valence-corrected chi connectivity index (χ2v) is 2.46. The molecule has 0 atom stereocenters. The third kappa shape index (κ3) is 1.00. The summed E-state index contributed by atoms with van der Waals surface area (Å²) in [5, 5.41) is 12.0. The zero-order valence-electron chi connectivity index (χ0n) is 3.54. The van der Waals surface area contributed by atoms with Gasteiger partial charge in [0.05, 0.1) is 0 Å². The van der Waals surface area contributed by atoms with Crippen molar-refractivity contribution >= 4 is 31.9 Å². The number of rotatable bonds is 0. The van der Waals surface area contributed by atoms with Gasteiger partial charge >= 0.3 is 0 Å². The average molecular weight is 243 g/mol. The van der Waals surface area contributed by atoms with Crippen LogP contribution in [0.1, 0.15) is 0 Å². The first-order valence-electron chi connectivity index (χ1n) is 1.67. The van der Waals surface area contributed by atoms with E-state index in [0.717, 1.165) is 0 Å². The number of hydrogen-bond donors (Lipinski definition) is 1. The van der Waals surface area contributed by atoms with Crippen LogP contribution in [0.2, 0.25) is 0 Å². The van der Waals surface area contributed by atoms with Crippen LogP contribution < -0.4 is 0 Å². The Morgan fingerprint density at radius 2 is 2.12 bits per heavy atom. The lowest BCUT2D eigenvalue weighted by Gasteiger charge is -1.81. The molecule has 1 aromatic heterocycles. The molecule has 0 unspecified atom stereocenters. The Morgan fingerprint density at radius 1 is 1.50 bits per heavy atom. The van der Waals surface area contributed by atoms with Crippen LogP contribution in [0.25, 0.3) is 0 Å². The highest BCUT2D eigenvalue weighted by Crippen LogP contribution is 2.07. The molecule has 6 heteroatoms. The van der Waals surface area contributed by atoms with Gasteiger partial charge in [-0.2, -0.15) is 4.98 Å². The van der Waals surface area contributed by atoms with Crippen LogP contribution in [0.4, 0.5) is 0 Å². The van der Waals surface area contributed by atoms with E-state index in [1.807, 2.05) is 0 Å². The largest absolute Gasteiger partial charge is 0.409 e. The Hall–Kier alpha value is -0.100. The molecule has 0 fully saturated rings. The Morgan fingerprint density at radius 3 is 2.25 bits per heavy atom. The van der Waals surface area contributed by atoms with E-state index >= 15 is 0 Å². The van der Waals surface area contributed by atoms with Crippen LogP contribution in [0.5, 0.6) is 0 Å². The smallest absolute Gasteiger partial charge is 0.235 e. The van der Waals surface area contributed by atoms with E-state index in [4.69, 9.17) is 5.21 Å². The molecule has 0 bridgehead atoms. The first-order valence-corrected chi connectivity index (χ1v) is 3.26. The van der Waals surface area contributed by atoms with E-state index in [1.54, 1.807) is 0 Å². The number of aromatic nitrogens is 3. The second-order valence-electron chi connectivity index (χ2n) is 1.04. The van der Waals surface area contributed by atoms with Crippen LogP contribution in [0.15, 0.2) is 9.47 Å². The van der Waals surface area contributed by atoms with Crippen molar-refractivity contribution in [1.29, 1.82) is 0 Å². The highest BCUT2D eigenvalue weighted by Gasteiger charge is 1.99. The maximum absolute atomic E-state index is 8.61. The van der Waals surface area contributed by atoms with Crippen molar-refractivity contribution < 1.29 is 5.21 Å². The zero-order chi connectivity index (χ0) is 6.15. The van der Waals surface area contributed by atoms with Gasteiger partial charge in [0.2, 0.25) is 9.47 Å². The van der Waals surface area contributed by atoms with E-state index < -0.39 is 0 Å². The van der Waals surface area contributed by atoms with Crippen molar-refractivity contribution in [2.75, 3.05) is 0 Å². The Kier molecular flexibility index (Phi) is 1.52. The van der Waals surface area contributed by atoms with E-state index in [1.165, 1.54) is 0 Å². The minimum absolute atomic E-state index is 0.282. The SMILES string of the molecule is On1nc(Br)nc1Br. The Balaban J connectivity index is 3.14. The molecule has 0 saturated carbocycles. The standard InChI is InChI=1S/C2HBr2N3O/c3-1-5-2(4)7(8)6-1/h8H. The summed E-state index contributed by atoms with van der Waals surface area (Å²) in [5.74, 6) is 0. The van der Waals surface area contributed by atoms with Gasteiger partial charge in [-0.15, -0.1) is 5.10 Å². The molecule has 44 valence electrons. The lowest BCUT2D eigenvalue weighted by Crippen LogP contribution is -1.90. The van der Waals surface area contributed by atoms with Crippen molar-refractivity contribution in [2.45, 2.75) is 0 Å². The average Bonchev–Trinajstić information content (AvgIpc) is 1.85. The quantitative estimate of drug-likeness (QED) is 0.692. The zero-order valence-corrected chi connectivity index (χ0v) is 6.72. The summed E-state index contributed by atoms with van der Waals surface area (Å²) in [4.78, 5) is 4.27. The summed E-state index contributed by atoms with van der Waals surface area (Å²) in [6, 6.07) is 0. The van der Waals surface area contributed by atoms with Gasteiger partial charge < -0.3 is 5.21 Å². The van der Waals surface area contributed by atoms with Gasteiger partial charge in [0, 0.05) is 0 Å². The van der Waals surface area contributed by atoms with Gasteiger partial charge in [0.15, 0.2) is 0 Å². The number of halogens is 2. The van der Waals surface area contributed by atoms with E-state index in [2.05, 4.69) is 41.9 Å². The van der Waals surface area contributed by atoms with Crippen LogP contribution in [0, 0.1) is 0 Å². The minimum atomic E-state index is 0.282. The van der Waals surface area contributed by atoms with E-state index in [9.17, 15) is 0 Å². The molecule has 0 aliphatic heterocycles. The molecule has 0 amide bonds. The third-order valence-corrected chi connectivity index (χ3v) is 1.36. The molecule has 0 radical (unpaired) electrons. The summed E-state index contributed by atoms with van der Waals surface area (Å²) in [7, 11) is 0. The summed E-state index contributed by atoms with van der Waals surface area (Å²) in [6.45, 7) is 0. The lowest BCUT2D eigenvalue weighted by atomic mass is 11.3. The highest BCUT2D eigenvalue weighted by atomic mass is 79.9. The van der Waals surface area contributed by atoms with Crippen LogP contribution in [-0.4, -0.2) is 20.1 Å². The van der Waals surface area contributed by atoms with Gasteiger partial charge in [-0.3, -0.25) is 0 Å². The monoisotopic (exact) mass is 241 g/mol. The summed E-state index contributed by atoms with van der Waals surface area (Å²) < 4.78 is 0.635. The molecule has 0 aromatic carbocycles. The van der Waals surface area contributed by atoms with Gasteiger partial charge in [0.1, 0.15) is 0 Å². The normalized spacial score (nSPS) is 9.75. The topological polar surface area (TPSA) is 50.9 Å². The van der Waals surface area contributed by atoms with Crippen molar-refractivity contribution in [3.8, 4) is 0 Å². The molecule has 1 N–H and O–H groups in total. The predicted octanol–water partition coefficient (Wildman–Crippen LogP) is 1.04. The minimum Gasteiger partial charge on any atom is -0.409 e. The molecule has 0 saturated heterocycles. The second kappa shape index (κ2) is 2.02. The van der Waals surface area contributed by atoms with Gasteiger partial charge in [0.25, 0.3) is 0 Å². The van der Waals surface area contributed by atoms with Crippen molar-refractivity contribution in [3.63, 3.8) is 0 Å². The fourth-order valence-electron chi connectivity index (χ4n) is 0.263. The van der Waals surface area contributed by atoms with Crippen LogP contribution in [0.3, 0.4) is 0 Å². The summed E-state index contributed by atoms with van der Waals surface area (Å²) in [6.07, 6.45) is 0. The molecule has 0 aliphatic rings. The molecule has 1 heterocycles. The molecule has 0 aliphatic carbocycles. The molecule has 1 rings (SSSR count). The third-order valence-electron chi connectivity index (χ3n) is 0.527. The number of nitrogens with zero attached hydrogens (tertiary/aromatic N) is 3. The van der Waals surface area contributed by atoms with Crippen LogP contribution >= 0.6 is 31.9 Å². The Bertz CT molecular complexity index is 178.